The van der Waals surface area contributed by atoms with E-state index in [2.05, 4.69) is 15.3 Å². The van der Waals surface area contributed by atoms with Gasteiger partial charge in [-0.05, 0) is 19.1 Å². The number of carbonyl (C=O) groups is 3. The number of aromatic amines is 1. The SMILES string of the molecule is CC(C(=O)Nc1nc(-c2c[nH]c3ccccc23)cs1)N1C(=O)c2cccc([N+](=O)[O-])c2C1=O. The van der Waals surface area contributed by atoms with Crippen LogP contribution in [0.15, 0.2) is 54.0 Å². The van der Waals surface area contributed by atoms with Crippen molar-refractivity contribution in [3.05, 3.63) is 75.3 Å². The highest BCUT2D eigenvalue weighted by Gasteiger charge is 2.44. The van der Waals surface area contributed by atoms with Crippen LogP contribution in [0.1, 0.15) is 27.6 Å². The summed E-state index contributed by atoms with van der Waals surface area (Å²) in [5.74, 6) is -2.25. The Hall–Kier alpha value is -4.38. The molecule has 1 aliphatic heterocycles. The minimum absolute atomic E-state index is 0.0929. The van der Waals surface area contributed by atoms with E-state index in [0.29, 0.717) is 10.8 Å². The monoisotopic (exact) mass is 461 g/mol. The fourth-order valence-electron chi connectivity index (χ4n) is 3.85. The number of hydrogen-bond acceptors (Lipinski definition) is 7. The lowest BCUT2D eigenvalue weighted by atomic mass is 10.1. The number of nitrogens with zero attached hydrogens (tertiary/aromatic N) is 3. The molecule has 10 nitrogen and oxygen atoms in total. The largest absolute Gasteiger partial charge is 0.360 e. The minimum Gasteiger partial charge on any atom is -0.360 e. The number of aromatic nitrogens is 2. The van der Waals surface area contributed by atoms with Gasteiger partial charge in [-0.25, -0.2) is 4.98 Å². The molecule has 2 N–H and O–H groups in total. The highest BCUT2D eigenvalue weighted by atomic mass is 32.1. The van der Waals surface area contributed by atoms with E-state index in [1.165, 1.54) is 30.4 Å². The molecule has 1 aliphatic rings. The Morgan fingerprint density at radius 1 is 1.15 bits per heavy atom. The summed E-state index contributed by atoms with van der Waals surface area (Å²) in [6.45, 7) is 1.39. The van der Waals surface area contributed by atoms with Gasteiger partial charge in [-0.2, -0.15) is 0 Å². The molecule has 164 valence electrons. The molecule has 11 heteroatoms. The van der Waals surface area contributed by atoms with E-state index >= 15 is 0 Å². The molecular formula is C22H15N5O5S. The molecule has 0 bridgehead atoms. The molecule has 5 rings (SSSR count). The summed E-state index contributed by atoms with van der Waals surface area (Å²) in [4.78, 5) is 57.3. The van der Waals surface area contributed by atoms with E-state index in [0.717, 1.165) is 27.4 Å². The lowest BCUT2D eigenvalue weighted by Gasteiger charge is -2.20. The number of thiazole rings is 1. The number of para-hydroxylation sites is 1. The number of carbonyl (C=O) groups excluding carboxylic acids is 3. The summed E-state index contributed by atoms with van der Waals surface area (Å²) < 4.78 is 0. The molecule has 2 aromatic heterocycles. The maximum absolute atomic E-state index is 12.8. The number of hydrogen-bond donors (Lipinski definition) is 2. The van der Waals surface area contributed by atoms with E-state index < -0.39 is 34.4 Å². The van der Waals surface area contributed by atoms with Crippen LogP contribution < -0.4 is 5.32 Å². The van der Waals surface area contributed by atoms with Crippen LogP contribution in [0, 0.1) is 10.1 Å². The molecule has 0 spiro atoms. The number of nitro benzene ring substituents is 1. The van der Waals surface area contributed by atoms with Gasteiger partial charge in [-0.15, -0.1) is 11.3 Å². The fraction of sp³-hybridized carbons (Fsp3) is 0.0909. The second kappa shape index (κ2) is 7.64. The van der Waals surface area contributed by atoms with Crippen molar-refractivity contribution in [1.29, 1.82) is 0 Å². The zero-order valence-electron chi connectivity index (χ0n) is 17.1. The summed E-state index contributed by atoms with van der Waals surface area (Å²) >= 11 is 1.21. The van der Waals surface area contributed by atoms with Gasteiger partial charge in [0, 0.05) is 34.1 Å². The highest BCUT2D eigenvalue weighted by Crippen LogP contribution is 2.33. The predicted molar refractivity (Wildman–Crippen MR) is 121 cm³/mol. The van der Waals surface area contributed by atoms with Crippen molar-refractivity contribution in [2.75, 3.05) is 5.32 Å². The van der Waals surface area contributed by atoms with Crippen LogP contribution in [0.3, 0.4) is 0 Å². The number of rotatable bonds is 5. The number of anilines is 1. The van der Waals surface area contributed by atoms with E-state index in [4.69, 9.17) is 0 Å². The topological polar surface area (TPSA) is 138 Å². The molecule has 0 saturated heterocycles. The van der Waals surface area contributed by atoms with Gasteiger partial charge in [0.25, 0.3) is 17.5 Å². The van der Waals surface area contributed by atoms with Gasteiger partial charge in [0.1, 0.15) is 11.6 Å². The van der Waals surface area contributed by atoms with Crippen molar-refractivity contribution in [1.82, 2.24) is 14.9 Å². The Kier molecular flexibility index (Phi) is 4.75. The molecule has 3 amide bonds. The standard InChI is InChI=1S/C22H15N5O5S/c1-11(26-20(29)13-6-4-8-17(27(31)32)18(13)21(26)30)19(28)25-22-24-16(10-33-22)14-9-23-15-7-3-2-5-12(14)15/h2-11,23H,1H3,(H,24,25,28). The Morgan fingerprint density at radius 2 is 1.94 bits per heavy atom. The molecule has 0 saturated carbocycles. The number of imide groups is 1. The fourth-order valence-corrected chi connectivity index (χ4v) is 4.57. The van der Waals surface area contributed by atoms with Crippen LogP contribution in [0.4, 0.5) is 10.8 Å². The molecule has 0 radical (unpaired) electrons. The average Bonchev–Trinajstić information content (AvgIpc) is 3.50. The Labute approximate surface area is 190 Å². The lowest BCUT2D eigenvalue weighted by molar-refractivity contribution is -0.385. The van der Waals surface area contributed by atoms with Gasteiger partial charge in [0.05, 0.1) is 16.2 Å². The molecule has 2 aromatic carbocycles. The Morgan fingerprint density at radius 3 is 2.73 bits per heavy atom. The zero-order valence-corrected chi connectivity index (χ0v) is 17.9. The normalized spacial score (nSPS) is 13.9. The van der Waals surface area contributed by atoms with Crippen molar-refractivity contribution >= 4 is 50.8 Å². The minimum atomic E-state index is -1.20. The summed E-state index contributed by atoms with van der Waals surface area (Å²) in [7, 11) is 0. The first-order chi connectivity index (χ1) is 15.9. The lowest BCUT2D eigenvalue weighted by Crippen LogP contribution is -2.45. The quantitative estimate of drug-likeness (QED) is 0.263. The first kappa shape index (κ1) is 20.5. The van der Waals surface area contributed by atoms with Crippen molar-refractivity contribution in [2.24, 2.45) is 0 Å². The summed E-state index contributed by atoms with van der Waals surface area (Å²) in [6.07, 6.45) is 1.83. The van der Waals surface area contributed by atoms with Crippen LogP contribution in [-0.4, -0.2) is 43.6 Å². The van der Waals surface area contributed by atoms with Crippen molar-refractivity contribution < 1.29 is 19.3 Å². The van der Waals surface area contributed by atoms with Crippen molar-refractivity contribution in [3.63, 3.8) is 0 Å². The predicted octanol–water partition coefficient (Wildman–Crippen LogP) is 3.82. The Bertz CT molecular complexity index is 1470. The first-order valence-corrected chi connectivity index (χ1v) is 10.7. The number of nitrogens with one attached hydrogen (secondary N) is 2. The average molecular weight is 461 g/mol. The van der Waals surface area contributed by atoms with Crippen molar-refractivity contribution in [3.8, 4) is 11.3 Å². The third-order valence-electron chi connectivity index (χ3n) is 5.49. The number of nitro groups is 1. The van der Waals surface area contributed by atoms with Crippen LogP contribution in [0.5, 0.6) is 0 Å². The van der Waals surface area contributed by atoms with Crippen LogP contribution in [0.25, 0.3) is 22.2 Å². The van der Waals surface area contributed by atoms with Gasteiger partial charge in [-0.1, -0.05) is 24.3 Å². The van der Waals surface area contributed by atoms with E-state index in [1.54, 1.807) is 5.38 Å². The smallest absolute Gasteiger partial charge is 0.282 e. The summed E-state index contributed by atoms with van der Waals surface area (Å²) in [5, 5.41) is 17.0. The maximum atomic E-state index is 12.8. The van der Waals surface area contributed by atoms with Gasteiger partial charge in [0.2, 0.25) is 5.91 Å². The van der Waals surface area contributed by atoms with Crippen LogP contribution in [0.2, 0.25) is 0 Å². The second-order valence-corrected chi connectivity index (χ2v) is 8.25. The molecule has 1 unspecified atom stereocenters. The second-order valence-electron chi connectivity index (χ2n) is 7.39. The van der Waals surface area contributed by atoms with Gasteiger partial charge in [0.15, 0.2) is 5.13 Å². The van der Waals surface area contributed by atoms with E-state index in [-0.39, 0.29) is 11.1 Å². The molecular weight excluding hydrogens is 446 g/mol. The maximum Gasteiger partial charge on any atom is 0.282 e. The molecule has 0 aliphatic carbocycles. The third kappa shape index (κ3) is 3.26. The van der Waals surface area contributed by atoms with Crippen LogP contribution in [-0.2, 0) is 4.79 Å². The molecule has 33 heavy (non-hydrogen) atoms. The van der Waals surface area contributed by atoms with Crippen molar-refractivity contribution in [2.45, 2.75) is 13.0 Å². The molecule has 3 heterocycles. The van der Waals surface area contributed by atoms with Gasteiger partial charge < -0.3 is 10.3 Å². The van der Waals surface area contributed by atoms with Crippen LogP contribution >= 0.6 is 11.3 Å². The number of benzene rings is 2. The third-order valence-corrected chi connectivity index (χ3v) is 6.25. The summed E-state index contributed by atoms with van der Waals surface area (Å²) in [6, 6.07) is 10.4. The summed E-state index contributed by atoms with van der Waals surface area (Å²) in [5.41, 5.74) is 1.64. The molecule has 4 aromatic rings. The zero-order chi connectivity index (χ0) is 23.3. The van der Waals surface area contributed by atoms with Gasteiger partial charge in [-0.3, -0.25) is 29.4 Å². The molecule has 1 atom stereocenters. The number of amides is 3. The highest BCUT2D eigenvalue weighted by molar-refractivity contribution is 7.14. The molecule has 0 fully saturated rings. The first-order valence-electron chi connectivity index (χ1n) is 9.85. The number of fused-ring (bicyclic) bond motifs is 2. The van der Waals surface area contributed by atoms with E-state index in [1.807, 2.05) is 30.5 Å². The van der Waals surface area contributed by atoms with Gasteiger partial charge >= 0.3 is 0 Å². The number of H-pyrrole nitrogens is 1. The Balaban J connectivity index is 1.37. The van der Waals surface area contributed by atoms with E-state index in [9.17, 15) is 24.5 Å².